The first kappa shape index (κ1) is 28.5. The predicted octanol–water partition coefficient (Wildman–Crippen LogP) is 1.98. The summed E-state index contributed by atoms with van der Waals surface area (Å²) >= 11 is 0. The lowest BCUT2D eigenvalue weighted by Crippen LogP contribution is -2.46. The minimum Gasteiger partial charge on any atom is -0.497 e. The fraction of sp³-hybridized carbons (Fsp3) is 0.667. The fourth-order valence-corrected chi connectivity index (χ4v) is 5.25. The monoisotopic (exact) mass is 507 g/mol. The van der Waals surface area contributed by atoms with Gasteiger partial charge in [0.15, 0.2) is 0 Å². The molecule has 1 aromatic carbocycles. The summed E-state index contributed by atoms with van der Waals surface area (Å²) in [5, 5.41) is 2.65. The van der Waals surface area contributed by atoms with Gasteiger partial charge in [0.1, 0.15) is 11.6 Å². The number of ether oxygens (including phenoxy) is 4. The number of fused-ring (bicyclic) bond motifs is 1. The third-order valence-electron chi connectivity index (χ3n) is 7.02. The number of benzene rings is 1. The van der Waals surface area contributed by atoms with Crippen molar-refractivity contribution in [3.05, 3.63) is 42.2 Å². The van der Waals surface area contributed by atoms with E-state index < -0.39 is 0 Å². The van der Waals surface area contributed by atoms with E-state index >= 15 is 0 Å². The molecule has 2 fully saturated rings. The van der Waals surface area contributed by atoms with Crippen molar-refractivity contribution in [2.24, 2.45) is 11.8 Å². The lowest BCUT2D eigenvalue weighted by atomic mass is 9.82. The van der Waals surface area contributed by atoms with Gasteiger partial charge < -0.3 is 29.2 Å². The van der Waals surface area contributed by atoms with E-state index in [0.29, 0.717) is 69.8 Å². The van der Waals surface area contributed by atoms with Crippen molar-refractivity contribution in [1.29, 1.82) is 0 Å². The predicted molar refractivity (Wildman–Crippen MR) is 137 cm³/mol. The summed E-state index contributed by atoms with van der Waals surface area (Å²) in [6, 6.07) is 5.58. The van der Waals surface area contributed by atoms with Gasteiger partial charge in [-0.1, -0.05) is 6.58 Å². The molecule has 0 spiro atoms. The number of hydrogen-bond acceptors (Lipinski definition) is 7. The smallest absolute Gasteiger partial charge is 0.243 e. The van der Waals surface area contributed by atoms with Crippen LogP contribution in [0.5, 0.6) is 5.75 Å². The Balaban J connectivity index is 1.25. The molecule has 0 unspecified atom stereocenters. The van der Waals surface area contributed by atoms with Gasteiger partial charge in [-0.25, -0.2) is 4.39 Å². The molecule has 0 bridgehead atoms. The first-order valence-corrected chi connectivity index (χ1v) is 12.9. The number of carbonyl (C=O) groups is 1. The average Bonchev–Trinajstić information content (AvgIpc) is 3.29. The number of methoxy groups -OCH3 is 1. The maximum Gasteiger partial charge on any atom is 0.243 e. The quantitative estimate of drug-likeness (QED) is 0.271. The topological polar surface area (TPSA) is 72.5 Å². The Hall–Kier alpha value is -2.04. The highest BCUT2D eigenvalue weighted by atomic mass is 19.1. The van der Waals surface area contributed by atoms with Crippen LogP contribution in [0.25, 0.3) is 0 Å². The number of likely N-dealkylation sites (tertiary alicyclic amines) is 2. The van der Waals surface area contributed by atoms with Crippen molar-refractivity contribution in [3.8, 4) is 5.75 Å². The molecule has 9 heteroatoms. The van der Waals surface area contributed by atoms with Gasteiger partial charge in [0.05, 0.1) is 46.8 Å². The molecule has 1 N–H and O–H groups in total. The first-order valence-electron chi connectivity index (χ1n) is 12.9. The molecule has 1 aromatic rings. The molecule has 0 radical (unpaired) electrons. The van der Waals surface area contributed by atoms with Crippen molar-refractivity contribution < 1.29 is 28.1 Å². The second kappa shape index (κ2) is 15.3. The molecule has 36 heavy (non-hydrogen) atoms. The van der Waals surface area contributed by atoms with E-state index in [9.17, 15) is 9.18 Å². The van der Waals surface area contributed by atoms with Crippen LogP contribution in [0.4, 0.5) is 4.39 Å². The molecule has 2 saturated heterocycles. The molecule has 2 aliphatic rings. The number of amides is 1. The summed E-state index contributed by atoms with van der Waals surface area (Å²) in [6.07, 6.45) is 3.11. The molecule has 2 aliphatic heterocycles. The Morgan fingerprint density at radius 3 is 2.56 bits per heavy atom. The summed E-state index contributed by atoms with van der Waals surface area (Å²) in [7, 11) is 3.82. The lowest BCUT2D eigenvalue weighted by Gasteiger charge is -2.39. The maximum absolute atomic E-state index is 14.3. The minimum absolute atomic E-state index is 0.142. The van der Waals surface area contributed by atoms with Crippen molar-refractivity contribution in [3.63, 3.8) is 0 Å². The summed E-state index contributed by atoms with van der Waals surface area (Å²) < 4.78 is 36.3. The highest BCUT2D eigenvalue weighted by Gasteiger charge is 2.40. The second-order valence-corrected chi connectivity index (χ2v) is 9.62. The summed E-state index contributed by atoms with van der Waals surface area (Å²) in [5.41, 5.74) is 0.750. The molecule has 202 valence electrons. The second-order valence-electron chi connectivity index (χ2n) is 9.62. The Bertz CT molecular complexity index is 827. The number of carbonyl (C=O) groups excluding carboxylic acids is 1. The highest BCUT2D eigenvalue weighted by Crippen LogP contribution is 2.34. The number of nitrogens with one attached hydrogen (secondary N) is 1. The first-order chi connectivity index (χ1) is 17.5. The number of hydrogen-bond donors (Lipinski definition) is 1. The third-order valence-corrected chi connectivity index (χ3v) is 7.02. The Labute approximate surface area is 214 Å². The molecule has 0 aromatic heterocycles. The van der Waals surface area contributed by atoms with Crippen LogP contribution in [-0.2, 0) is 25.4 Å². The number of halogens is 1. The van der Waals surface area contributed by atoms with Crippen LogP contribution in [0.3, 0.4) is 0 Å². The summed E-state index contributed by atoms with van der Waals surface area (Å²) in [4.78, 5) is 15.9. The number of nitrogens with zero attached hydrogens (tertiary/aromatic N) is 2. The van der Waals surface area contributed by atoms with Crippen LogP contribution >= 0.6 is 0 Å². The van der Waals surface area contributed by atoms with E-state index in [1.165, 1.54) is 12.1 Å². The van der Waals surface area contributed by atoms with Gasteiger partial charge in [-0.3, -0.25) is 9.69 Å². The number of piperidine rings is 1. The summed E-state index contributed by atoms with van der Waals surface area (Å²) in [5.74, 6) is 1.43. The van der Waals surface area contributed by atoms with Crippen molar-refractivity contribution in [2.75, 3.05) is 86.5 Å². The summed E-state index contributed by atoms with van der Waals surface area (Å²) in [6.45, 7) is 11.1. The van der Waals surface area contributed by atoms with Gasteiger partial charge in [-0.05, 0) is 61.6 Å². The molecule has 0 saturated carbocycles. The van der Waals surface area contributed by atoms with E-state index in [-0.39, 0.29) is 11.7 Å². The van der Waals surface area contributed by atoms with E-state index in [2.05, 4.69) is 28.7 Å². The van der Waals surface area contributed by atoms with Crippen molar-refractivity contribution >= 4 is 5.91 Å². The Morgan fingerprint density at radius 2 is 1.83 bits per heavy atom. The van der Waals surface area contributed by atoms with Gasteiger partial charge in [-0.15, -0.1) is 0 Å². The van der Waals surface area contributed by atoms with Crippen LogP contribution in [0.2, 0.25) is 0 Å². The standard InChI is InChI=1S/C27H42FN3O5/c1-4-27(32)29-7-9-34-11-13-36-14-12-35-10-8-31-19-23-16-21(18-30(2)26(23)20-31)15-22-17-24(33-3)5-6-25(22)28/h4-6,17,21,23,26H,1,7-16,18-20H2,2-3H3,(H,29,32)/t21-,23-,26-/m0/s1. The van der Waals surface area contributed by atoms with Gasteiger partial charge in [0.2, 0.25) is 5.91 Å². The normalized spacial score (nSPS) is 22.4. The minimum atomic E-state index is -0.197. The maximum atomic E-state index is 14.3. The van der Waals surface area contributed by atoms with E-state index in [1.807, 2.05) is 6.07 Å². The molecular weight excluding hydrogens is 465 g/mol. The van der Waals surface area contributed by atoms with Crippen LogP contribution in [0.1, 0.15) is 12.0 Å². The SMILES string of the molecule is C=CC(=O)NCCOCCOCCOCCN1C[C@@H]2C[C@H](Cc3cc(OC)ccc3F)CN(C)[C@H]2C1. The molecular formula is C27H42FN3O5. The van der Waals surface area contributed by atoms with Crippen molar-refractivity contribution in [1.82, 2.24) is 15.1 Å². The van der Waals surface area contributed by atoms with Crippen LogP contribution in [0.15, 0.2) is 30.9 Å². The third kappa shape index (κ3) is 9.12. The average molecular weight is 508 g/mol. The van der Waals surface area contributed by atoms with E-state index in [1.54, 1.807) is 13.2 Å². The highest BCUT2D eigenvalue weighted by molar-refractivity contribution is 5.86. The van der Waals surface area contributed by atoms with Gasteiger partial charge in [0, 0.05) is 38.8 Å². The molecule has 2 heterocycles. The Morgan fingerprint density at radius 1 is 1.11 bits per heavy atom. The largest absolute Gasteiger partial charge is 0.497 e. The van der Waals surface area contributed by atoms with Gasteiger partial charge in [-0.2, -0.15) is 0 Å². The molecule has 3 rings (SSSR count). The molecule has 8 nitrogen and oxygen atoms in total. The van der Waals surface area contributed by atoms with E-state index in [0.717, 1.165) is 44.6 Å². The zero-order chi connectivity index (χ0) is 25.8. The molecule has 3 atom stereocenters. The zero-order valence-electron chi connectivity index (χ0n) is 21.8. The van der Waals surface area contributed by atoms with Crippen LogP contribution in [-0.4, -0.2) is 108 Å². The van der Waals surface area contributed by atoms with E-state index in [4.69, 9.17) is 18.9 Å². The number of likely N-dealkylation sites (N-methyl/N-ethyl adjacent to an activating group) is 1. The van der Waals surface area contributed by atoms with Crippen LogP contribution < -0.4 is 10.1 Å². The van der Waals surface area contributed by atoms with Crippen LogP contribution in [0, 0.1) is 17.7 Å². The Kier molecular flexibility index (Phi) is 12.1. The molecule has 0 aliphatic carbocycles. The van der Waals surface area contributed by atoms with Gasteiger partial charge in [0.25, 0.3) is 0 Å². The van der Waals surface area contributed by atoms with Crippen molar-refractivity contribution in [2.45, 2.75) is 18.9 Å². The zero-order valence-corrected chi connectivity index (χ0v) is 21.8. The number of rotatable bonds is 16. The van der Waals surface area contributed by atoms with Gasteiger partial charge >= 0.3 is 0 Å². The fourth-order valence-electron chi connectivity index (χ4n) is 5.25. The molecule has 1 amide bonds. The lowest BCUT2D eigenvalue weighted by molar-refractivity contribution is -0.116.